The third-order valence-corrected chi connectivity index (χ3v) is 4.40. The molecule has 25 heavy (non-hydrogen) atoms. The Hall–Kier alpha value is -2.08. The topological polar surface area (TPSA) is 71.0 Å². The molecule has 5 heteroatoms. The summed E-state index contributed by atoms with van der Waals surface area (Å²) in [5, 5.41) is 23.9. The molecule has 0 amide bonds. The summed E-state index contributed by atoms with van der Waals surface area (Å²) in [6, 6.07) is 17.5. The molecule has 0 spiro atoms. The lowest BCUT2D eigenvalue weighted by atomic mass is 9.88. The van der Waals surface area contributed by atoms with E-state index in [9.17, 15) is 10.2 Å². The molecule has 1 heterocycles. The number of anilines is 2. The number of aliphatic hydroxyl groups excluding tert-OH is 1. The number of aliphatic hydroxyl groups is 2. The lowest BCUT2D eigenvalue weighted by Crippen LogP contribution is -2.40. The van der Waals surface area contributed by atoms with Crippen molar-refractivity contribution in [2.45, 2.75) is 31.0 Å². The first kappa shape index (κ1) is 17.7. The van der Waals surface area contributed by atoms with Crippen LogP contribution in [0.3, 0.4) is 0 Å². The Morgan fingerprint density at radius 3 is 2.32 bits per heavy atom. The van der Waals surface area contributed by atoms with Crippen LogP contribution in [0.2, 0.25) is 0 Å². The molecular formula is C20H25NO4. The monoisotopic (exact) mass is 343 g/mol. The highest BCUT2D eigenvalue weighted by atomic mass is 16.5. The summed E-state index contributed by atoms with van der Waals surface area (Å²) < 4.78 is 10.9. The van der Waals surface area contributed by atoms with Crippen LogP contribution < -0.4 is 10.1 Å². The van der Waals surface area contributed by atoms with Crippen LogP contribution in [0.5, 0.6) is 5.75 Å². The normalized spacial score (nSPS) is 17.7. The lowest BCUT2D eigenvalue weighted by molar-refractivity contribution is -0.0906. The highest BCUT2D eigenvalue weighted by molar-refractivity contribution is 5.59. The van der Waals surface area contributed by atoms with E-state index in [4.69, 9.17) is 9.47 Å². The summed E-state index contributed by atoms with van der Waals surface area (Å²) in [6.07, 6.45) is 0.725. The van der Waals surface area contributed by atoms with Crippen molar-refractivity contribution >= 4 is 11.4 Å². The van der Waals surface area contributed by atoms with Gasteiger partial charge in [0, 0.05) is 31.0 Å². The highest BCUT2D eigenvalue weighted by Gasteiger charge is 2.32. The number of hydrogen-bond acceptors (Lipinski definition) is 5. The molecule has 1 saturated heterocycles. The van der Waals surface area contributed by atoms with E-state index in [-0.39, 0.29) is 6.61 Å². The molecule has 2 aromatic rings. The van der Waals surface area contributed by atoms with Crippen LogP contribution >= 0.6 is 0 Å². The van der Waals surface area contributed by atoms with Gasteiger partial charge in [-0.15, -0.1) is 0 Å². The smallest absolute Gasteiger partial charge is 0.119 e. The standard InChI is InChI=1S/C20H25NO4/c22-18(14-20(23)10-12-24-13-11-20)15-25-19-8-6-17(7-9-19)21-16-4-2-1-3-5-16/h1-9,18,21-23H,10-15H2. The van der Waals surface area contributed by atoms with Crippen LogP contribution in [0.25, 0.3) is 0 Å². The minimum atomic E-state index is -0.843. The number of hydrogen-bond donors (Lipinski definition) is 3. The number of rotatable bonds is 7. The molecule has 0 aromatic heterocycles. The fourth-order valence-corrected chi connectivity index (χ4v) is 2.97. The number of ether oxygens (including phenoxy) is 2. The van der Waals surface area contributed by atoms with Gasteiger partial charge >= 0.3 is 0 Å². The molecule has 1 fully saturated rings. The summed E-state index contributed by atoms with van der Waals surface area (Å²) in [6.45, 7) is 1.24. The zero-order chi connectivity index (χ0) is 17.5. The summed E-state index contributed by atoms with van der Waals surface area (Å²) in [4.78, 5) is 0. The van der Waals surface area contributed by atoms with Gasteiger partial charge in [-0.3, -0.25) is 0 Å². The predicted octanol–water partition coefficient (Wildman–Crippen LogP) is 3.10. The maximum absolute atomic E-state index is 10.4. The third kappa shape index (κ3) is 5.46. The first-order chi connectivity index (χ1) is 12.1. The van der Waals surface area contributed by atoms with Crippen LogP contribution in [0.1, 0.15) is 19.3 Å². The second-order valence-corrected chi connectivity index (χ2v) is 6.52. The molecule has 0 saturated carbocycles. The maximum atomic E-state index is 10.4. The molecular weight excluding hydrogens is 318 g/mol. The van der Waals surface area contributed by atoms with E-state index in [1.165, 1.54) is 0 Å². The second kappa shape index (κ2) is 8.34. The quantitative estimate of drug-likeness (QED) is 0.721. The van der Waals surface area contributed by atoms with Crippen molar-refractivity contribution in [1.82, 2.24) is 0 Å². The average molecular weight is 343 g/mol. The van der Waals surface area contributed by atoms with E-state index in [1.807, 2.05) is 54.6 Å². The Balaban J connectivity index is 1.46. The minimum Gasteiger partial charge on any atom is -0.491 e. The molecule has 3 rings (SSSR count). The SMILES string of the molecule is OC(COc1ccc(Nc2ccccc2)cc1)CC1(O)CCOCC1. The van der Waals surface area contributed by atoms with Crippen LogP contribution in [0, 0.1) is 0 Å². The minimum absolute atomic E-state index is 0.161. The Bertz CT molecular complexity index is 639. The lowest BCUT2D eigenvalue weighted by Gasteiger charge is -2.33. The van der Waals surface area contributed by atoms with Crippen LogP contribution in [0.4, 0.5) is 11.4 Å². The van der Waals surface area contributed by atoms with Gasteiger partial charge in [-0.2, -0.15) is 0 Å². The molecule has 1 aliphatic rings. The van der Waals surface area contributed by atoms with Crippen molar-refractivity contribution in [1.29, 1.82) is 0 Å². The Labute approximate surface area is 148 Å². The third-order valence-electron chi connectivity index (χ3n) is 4.40. The first-order valence-electron chi connectivity index (χ1n) is 8.66. The molecule has 0 aliphatic carbocycles. The van der Waals surface area contributed by atoms with Crippen molar-refractivity contribution in [2.24, 2.45) is 0 Å². The predicted molar refractivity (Wildman–Crippen MR) is 97.3 cm³/mol. The van der Waals surface area contributed by atoms with E-state index in [2.05, 4.69) is 5.32 Å². The number of nitrogens with one attached hydrogen (secondary N) is 1. The molecule has 1 unspecified atom stereocenters. The van der Waals surface area contributed by atoms with E-state index in [0.717, 1.165) is 11.4 Å². The molecule has 0 bridgehead atoms. The fraction of sp³-hybridized carbons (Fsp3) is 0.400. The molecule has 1 atom stereocenters. The van der Waals surface area contributed by atoms with Crippen molar-refractivity contribution in [3.05, 3.63) is 54.6 Å². The molecule has 3 N–H and O–H groups in total. The molecule has 5 nitrogen and oxygen atoms in total. The van der Waals surface area contributed by atoms with Gasteiger partial charge in [0.2, 0.25) is 0 Å². The maximum Gasteiger partial charge on any atom is 0.119 e. The summed E-state index contributed by atoms with van der Waals surface area (Å²) in [5.41, 5.74) is 1.15. The zero-order valence-corrected chi connectivity index (χ0v) is 14.2. The zero-order valence-electron chi connectivity index (χ0n) is 14.2. The first-order valence-corrected chi connectivity index (χ1v) is 8.66. The van der Waals surface area contributed by atoms with Crippen molar-refractivity contribution in [2.75, 3.05) is 25.1 Å². The molecule has 0 radical (unpaired) electrons. The van der Waals surface area contributed by atoms with Gasteiger partial charge in [-0.25, -0.2) is 0 Å². The molecule has 1 aliphatic heterocycles. The molecule has 134 valence electrons. The van der Waals surface area contributed by atoms with Gasteiger partial charge in [-0.1, -0.05) is 18.2 Å². The Morgan fingerprint density at radius 1 is 1.00 bits per heavy atom. The van der Waals surface area contributed by atoms with Crippen LogP contribution in [-0.2, 0) is 4.74 Å². The van der Waals surface area contributed by atoms with Crippen molar-refractivity contribution < 1.29 is 19.7 Å². The van der Waals surface area contributed by atoms with Crippen LogP contribution in [-0.4, -0.2) is 41.7 Å². The Kier molecular flexibility index (Phi) is 5.91. The van der Waals surface area contributed by atoms with Gasteiger partial charge in [-0.05, 0) is 49.2 Å². The number of para-hydroxylation sites is 1. The van der Waals surface area contributed by atoms with Gasteiger partial charge in [0.25, 0.3) is 0 Å². The summed E-state index contributed by atoms with van der Waals surface area (Å²) >= 11 is 0. The highest BCUT2D eigenvalue weighted by Crippen LogP contribution is 2.26. The number of benzene rings is 2. The van der Waals surface area contributed by atoms with E-state index < -0.39 is 11.7 Å². The van der Waals surface area contributed by atoms with E-state index >= 15 is 0 Å². The van der Waals surface area contributed by atoms with Gasteiger partial charge in [0.1, 0.15) is 12.4 Å². The van der Waals surface area contributed by atoms with E-state index in [0.29, 0.717) is 38.2 Å². The average Bonchev–Trinajstić information content (AvgIpc) is 2.62. The van der Waals surface area contributed by atoms with Gasteiger partial charge in [0.15, 0.2) is 0 Å². The van der Waals surface area contributed by atoms with E-state index in [1.54, 1.807) is 0 Å². The Morgan fingerprint density at radius 2 is 1.64 bits per heavy atom. The molecule has 2 aromatic carbocycles. The fourth-order valence-electron chi connectivity index (χ4n) is 2.97. The van der Waals surface area contributed by atoms with Crippen molar-refractivity contribution in [3.63, 3.8) is 0 Å². The van der Waals surface area contributed by atoms with Crippen molar-refractivity contribution in [3.8, 4) is 5.75 Å². The summed E-state index contributed by atoms with van der Waals surface area (Å²) in [7, 11) is 0. The van der Waals surface area contributed by atoms with Gasteiger partial charge in [0.05, 0.1) is 11.7 Å². The van der Waals surface area contributed by atoms with Crippen LogP contribution in [0.15, 0.2) is 54.6 Å². The largest absolute Gasteiger partial charge is 0.491 e. The summed E-state index contributed by atoms with van der Waals surface area (Å²) in [5.74, 6) is 0.691. The second-order valence-electron chi connectivity index (χ2n) is 6.52. The van der Waals surface area contributed by atoms with Gasteiger partial charge < -0.3 is 25.0 Å².